The Hall–Kier alpha value is -4.53. The lowest BCUT2D eigenvalue weighted by atomic mass is 9.94. The van der Waals surface area contributed by atoms with E-state index < -0.39 is 23.5 Å². The van der Waals surface area contributed by atoms with Gasteiger partial charge in [-0.05, 0) is 42.7 Å². The Balaban J connectivity index is 1.48. The summed E-state index contributed by atoms with van der Waals surface area (Å²) >= 11 is 0. The highest BCUT2D eigenvalue weighted by molar-refractivity contribution is 6.16. The Bertz CT molecular complexity index is 1490. The summed E-state index contributed by atoms with van der Waals surface area (Å²) in [7, 11) is 1.55. The van der Waals surface area contributed by atoms with Gasteiger partial charge in [0.05, 0.1) is 31.7 Å². The smallest absolute Gasteiger partial charge is 0.290 e. The summed E-state index contributed by atoms with van der Waals surface area (Å²) in [4.78, 5) is 32.8. The van der Waals surface area contributed by atoms with Crippen molar-refractivity contribution in [3.8, 4) is 11.5 Å². The number of para-hydroxylation sites is 1. The fraction of sp³-hybridized carbons (Fsp3) is 0.323. The number of ether oxygens (including phenoxy) is 2. The molecule has 5 rings (SSSR count). The standard InChI is InChI=1S/C31H33N3O6/c1-3-4-7-17-39-24-12-11-22(19-25(24)38-2)28-27(29(35)26-18-21-9-5-6-10-23(21)40-26)30(36)31(37)34(28)15-8-14-33-16-13-32-20-33/h5-6,9-13,16,18-20,28,36H,3-4,7-8,14-15,17H2,1-2H3. The second kappa shape index (κ2) is 12.1. The molecule has 2 aromatic heterocycles. The van der Waals surface area contributed by atoms with Gasteiger partial charge in [-0.1, -0.05) is 44.0 Å². The molecule has 0 spiro atoms. The number of hydrogen-bond donors (Lipinski definition) is 1. The van der Waals surface area contributed by atoms with E-state index in [1.54, 1.807) is 43.9 Å². The predicted octanol–water partition coefficient (Wildman–Crippen LogP) is 5.88. The minimum absolute atomic E-state index is 0.0228. The van der Waals surface area contributed by atoms with E-state index in [-0.39, 0.29) is 11.3 Å². The summed E-state index contributed by atoms with van der Waals surface area (Å²) in [5, 5.41) is 11.8. The summed E-state index contributed by atoms with van der Waals surface area (Å²) < 4.78 is 19.3. The molecular formula is C31H33N3O6. The molecule has 1 unspecified atom stereocenters. The van der Waals surface area contributed by atoms with Gasteiger partial charge in [-0.25, -0.2) is 4.98 Å². The first kappa shape index (κ1) is 27.1. The average molecular weight is 544 g/mol. The molecule has 0 bridgehead atoms. The number of furan rings is 1. The van der Waals surface area contributed by atoms with Crippen LogP contribution in [-0.2, 0) is 11.3 Å². The number of benzene rings is 2. The molecule has 3 heterocycles. The number of carbonyl (C=O) groups is 2. The Morgan fingerprint density at radius 3 is 2.67 bits per heavy atom. The summed E-state index contributed by atoms with van der Waals surface area (Å²) in [6.45, 7) is 3.62. The molecule has 0 radical (unpaired) electrons. The highest BCUT2D eigenvalue weighted by Gasteiger charge is 2.44. The number of fused-ring (bicyclic) bond motifs is 1. The van der Waals surface area contributed by atoms with Crippen LogP contribution in [0.5, 0.6) is 11.5 Å². The van der Waals surface area contributed by atoms with Gasteiger partial charge in [0, 0.05) is 30.9 Å². The van der Waals surface area contributed by atoms with Gasteiger partial charge in [0.25, 0.3) is 5.91 Å². The van der Waals surface area contributed by atoms with Crippen LogP contribution in [-0.4, -0.2) is 51.5 Å². The number of hydrogen-bond acceptors (Lipinski definition) is 7. The summed E-state index contributed by atoms with van der Waals surface area (Å²) in [6, 6.07) is 13.4. The monoisotopic (exact) mass is 543 g/mol. The zero-order valence-corrected chi connectivity index (χ0v) is 22.7. The van der Waals surface area contributed by atoms with Gasteiger partial charge in [-0.2, -0.15) is 0 Å². The number of aromatic nitrogens is 2. The fourth-order valence-electron chi connectivity index (χ4n) is 5.04. The first-order valence-electron chi connectivity index (χ1n) is 13.6. The first-order chi connectivity index (χ1) is 19.5. The van der Waals surface area contributed by atoms with Crippen molar-refractivity contribution < 1.29 is 28.6 Å². The van der Waals surface area contributed by atoms with E-state index in [4.69, 9.17) is 13.9 Å². The number of Topliss-reactive ketones (excluding diaryl/α,β-unsaturated/α-hetero) is 1. The van der Waals surface area contributed by atoms with Gasteiger partial charge >= 0.3 is 0 Å². The maximum Gasteiger partial charge on any atom is 0.290 e. The lowest BCUT2D eigenvalue weighted by molar-refractivity contribution is -0.129. The van der Waals surface area contributed by atoms with Gasteiger partial charge in [-0.3, -0.25) is 9.59 Å². The number of methoxy groups -OCH3 is 1. The number of rotatable bonds is 13. The third-order valence-corrected chi connectivity index (χ3v) is 7.08. The number of imidazole rings is 1. The molecule has 0 saturated carbocycles. The topological polar surface area (TPSA) is 107 Å². The van der Waals surface area contributed by atoms with Crippen LogP contribution in [0.4, 0.5) is 0 Å². The quantitative estimate of drug-likeness (QED) is 0.166. The molecule has 0 aliphatic carbocycles. The van der Waals surface area contributed by atoms with Gasteiger partial charge in [0.2, 0.25) is 5.78 Å². The van der Waals surface area contributed by atoms with Crippen molar-refractivity contribution in [2.75, 3.05) is 20.3 Å². The van der Waals surface area contributed by atoms with Gasteiger partial charge in [0.1, 0.15) is 5.58 Å². The van der Waals surface area contributed by atoms with E-state index >= 15 is 0 Å². The number of aryl methyl sites for hydroxylation is 1. The maximum absolute atomic E-state index is 13.8. The molecule has 40 heavy (non-hydrogen) atoms. The maximum atomic E-state index is 13.8. The molecule has 2 aromatic carbocycles. The van der Waals surface area contributed by atoms with Crippen LogP contribution >= 0.6 is 0 Å². The average Bonchev–Trinajstić information content (AvgIpc) is 3.70. The normalized spacial score (nSPS) is 15.3. The molecule has 9 heteroatoms. The number of aliphatic hydroxyl groups is 1. The number of ketones is 1. The van der Waals surface area contributed by atoms with Crippen molar-refractivity contribution in [1.82, 2.24) is 14.5 Å². The van der Waals surface area contributed by atoms with E-state index in [9.17, 15) is 14.7 Å². The van der Waals surface area contributed by atoms with E-state index in [2.05, 4.69) is 11.9 Å². The number of unbranched alkanes of at least 4 members (excludes halogenated alkanes) is 2. The largest absolute Gasteiger partial charge is 0.503 e. The van der Waals surface area contributed by atoms with Crippen LogP contribution in [0, 0.1) is 0 Å². The summed E-state index contributed by atoms with van der Waals surface area (Å²) in [5.74, 6) is -0.587. The van der Waals surface area contributed by atoms with Gasteiger partial charge in [0.15, 0.2) is 23.0 Å². The molecule has 1 aliphatic rings. The zero-order valence-electron chi connectivity index (χ0n) is 22.7. The van der Waals surface area contributed by atoms with Crippen LogP contribution in [0.15, 0.2) is 83.0 Å². The van der Waals surface area contributed by atoms with Crippen molar-refractivity contribution in [3.05, 3.63) is 89.9 Å². The van der Waals surface area contributed by atoms with E-state index in [0.717, 1.165) is 24.6 Å². The van der Waals surface area contributed by atoms with E-state index in [1.807, 2.05) is 35.0 Å². The predicted molar refractivity (Wildman–Crippen MR) is 150 cm³/mol. The minimum Gasteiger partial charge on any atom is -0.503 e. The lowest BCUT2D eigenvalue weighted by Gasteiger charge is -2.27. The lowest BCUT2D eigenvalue weighted by Crippen LogP contribution is -2.32. The Morgan fingerprint density at radius 2 is 1.93 bits per heavy atom. The van der Waals surface area contributed by atoms with E-state index in [1.165, 1.54) is 4.90 Å². The fourth-order valence-corrected chi connectivity index (χ4v) is 5.04. The number of carbonyl (C=O) groups excluding carboxylic acids is 2. The van der Waals surface area contributed by atoms with Crippen LogP contribution in [0.1, 0.15) is 54.8 Å². The molecule has 0 fully saturated rings. The number of nitrogens with zero attached hydrogens (tertiary/aromatic N) is 3. The van der Waals surface area contributed by atoms with E-state index in [0.29, 0.717) is 48.8 Å². The van der Waals surface area contributed by atoms with Gasteiger partial charge < -0.3 is 28.5 Å². The van der Waals surface area contributed by atoms with Crippen molar-refractivity contribution in [2.45, 2.75) is 45.2 Å². The molecule has 208 valence electrons. The molecule has 4 aromatic rings. The zero-order chi connectivity index (χ0) is 28.1. The van der Waals surface area contributed by atoms with Crippen molar-refractivity contribution in [3.63, 3.8) is 0 Å². The van der Waals surface area contributed by atoms with Crippen LogP contribution < -0.4 is 9.47 Å². The molecule has 1 atom stereocenters. The van der Waals surface area contributed by atoms with Crippen molar-refractivity contribution in [1.29, 1.82) is 0 Å². The third-order valence-electron chi connectivity index (χ3n) is 7.08. The summed E-state index contributed by atoms with van der Waals surface area (Å²) in [5.41, 5.74) is 1.15. The number of amides is 1. The number of aliphatic hydroxyl groups excluding tert-OH is 1. The van der Waals surface area contributed by atoms with Crippen LogP contribution in [0.2, 0.25) is 0 Å². The third kappa shape index (κ3) is 5.45. The van der Waals surface area contributed by atoms with Gasteiger partial charge in [-0.15, -0.1) is 0 Å². The van der Waals surface area contributed by atoms with Crippen molar-refractivity contribution >= 4 is 22.7 Å². The second-order valence-electron chi connectivity index (χ2n) is 9.76. The molecular weight excluding hydrogens is 510 g/mol. The van der Waals surface area contributed by atoms with Crippen LogP contribution in [0.25, 0.3) is 11.0 Å². The first-order valence-corrected chi connectivity index (χ1v) is 13.6. The molecule has 1 amide bonds. The Morgan fingerprint density at radius 1 is 1.07 bits per heavy atom. The highest BCUT2D eigenvalue weighted by Crippen LogP contribution is 2.42. The van der Waals surface area contributed by atoms with Crippen molar-refractivity contribution in [2.24, 2.45) is 0 Å². The second-order valence-corrected chi connectivity index (χ2v) is 9.76. The molecule has 0 saturated heterocycles. The van der Waals surface area contributed by atoms with Crippen LogP contribution in [0.3, 0.4) is 0 Å². The summed E-state index contributed by atoms with van der Waals surface area (Å²) in [6.07, 6.45) is 8.92. The molecule has 9 nitrogen and oxygen atoms in total. The molecule has 1 N–H and O–H groups in total. The highest BCUT2D eigenvalue weighted by atomic mass is 16.5. The Labute approximate surface area is 232 Å². The SMILES string of the molecule is CCCCCOc1ccc(C2C(C(=O)c3cc4ccccc4o3)=C(O)C(=O)N2CCCn2ccnc2)cc1OC. The molecule has 1 aliphatic heterocycles. The Kier molecular flexibility index (Phi) is 8.19. The minimum atomic E-state index is -0.834.